The molecular formula is H4AlCuNaZn. The van der Waals surface area contributed by atoms with Crippen molar-refractivity contribution in [3.8, 4) is 0 Å². The standard InChI is InChI=1S/Al.Cu.Na.Zn.4H/q;;+1;;;;;-1. The molecule has 0 nitrogen and oxygen atoms in total. The van der Waals surface area contributed by atoms with E-state index in [1.54, 1.807) is 0 Å². The predicted octanol–water partition coefficient (Wildman–Crippen LogP) is -4.07. The molecule has 0 aromatic rings. The summed E-state index contributed by atoms with van der Waals surface area (Å²) in [5.74, 6) is 0. The van der Waals surface area contributed by atoms with Gasteiger partial charge in [0.2, 0.25) is 0 Å². The van der Waals surface area contributed by atoms with Crippen LogP contribution in [0.3, 0.4) is 0 Å². The SMILES string of the molecule is [AlH3].[Cu].[H-].[Na+].[Zn]. The van der Waals surface area contributed by atoms with E-state index in [-0.39, 0.29) is 84.9 Å². The van der Waals surface area contributed by atoms with Crippen molar-refractivity contribution in [2.24, 2.45) is 0 Å². The van der Waals surface area contributed by atoms with Gasteiger partial charge in [0.15, 0.2) is 17.4 Å². The van der Waals surface area contributed by atoms with Crippen molar-refractivity contribution < 1.29 is 67.5 Å². The van der Waals surface area contributed by atoms with Crippen LogP contribution in [0.5, 0.6) is 0 Å². The third-order valence-corrected chi connectivity index (χ3v) is 0. The zero-order chi connectivity index (χ0) is 0. The largest absolute Gasteiger partial charge is 1.00 e. The second kappa shape index (κ2) is 17.3. The van der Waals surface area contributed by atoms with Crippen LogP contribution in [-0.2, 0) is 36.5 Å². The molecule has 4 heavy (non-hydrogen) atoms. The number of hydrogen-bond acceptors (Lipinski definition) is 0. The Morgan fingerprint density at radius 3 is 1.25 bits per heavy atom. The van der Waals surface area contributed by atoms with Crippen molar-refractivity contribution in [2.75, 3.05) is 0 Å². The van der Waals surface area contributed by atoms with Crippen LogP contribution < -0.4 is 29.6 Å². The smallest absolute Gasteiger partial charge is 1.00 e. The first-order valence-electron chi connectivity index (χ1n) is 0. The summed E-state index contributed by atoms with van der Waals surface area (Å²) in [6.45, 7) is 0. The molecule has 0 saturated carbocycles. The van der Waals surface area contributed by atoms with Crippen molar-refractivity contribution >= 4 is 17.4 Å². The molecule has 0 spiro atoms. The summed E-state index contributed by atoms with van der Waals surface area (Å²) in [5.41, 5.74) is 0. The van der Waals surface area contributed by atoms with Gasteiger partial charge in [-0.15, -0.1) is 0 Å². The molecule has 0 saturated heterocycles. The molecule has 0 aromatic heterocycles. The Bertz CT molecular complexity index is 11.6. The molecule has 0 aliphatic rings. The quantitative estimate of drug-likeness (QED) is 0.335. The Morgan fingerprint density at radius 1 is 1.25 bits per heavy atom. The first kappa shape index (κ1) is 30.0. The molecule has 0 aliphatic carbocycles. The number of rotatable bonds is 0. The van der Waals surface area contributed by atoms with Crippen LogP contribution in [0.1, 0.15) is 1.43 Å². The predicted molar refractivity (Wildman–Crippen MR) is 11.1 cm³/mol. The molecule has 0 rings (SSSR count). The zero-order valence-electron chi connectivity index (χ0n) is 3.01. The van der Waals surface area contributed by atoms with E-state index in [4.69, 9.17) is 0 Å². The van der Waals surface area contributed by atoms with Gasteiger partial charge in [-0.05, 0) is 0 Å². The second-order valence-electron chi connectivity index (χ2n) is 0. The van der Waals surface area contributed by atoms with E-state index < -0.39 is 0 Å². The molecule has 0 aliphatic heterocycles. The summed E-state index contributed by atoms with van der Waals surface area (Å²) in [6, 6.07) is 0. The summed E-state index contributed by atoms with van der Waals surface area (Å²) in [7, 11) is 0. The maximum Gasteiger partial charge on any atom is 1.00 e. The fourth-order valence-corrected chi connectivity index (χ4v) is 0. The van der Waals surface area contributed by atoms with E-state index in [9.17, 15) is 0 Å². The fourth-order valence-electron chi connectivity index (χ4n) is 0. The van der Waals surface area contributed by atoms with Crippen LogP contribution in [0.15, 0.2) is 0 Å². The second-order valence-corrected chi connectivity index (χ2v) is 0. The van der Waals surface area contributed by atoms with Crippen LogP contribution in [0.2, 0.25) is 0 Å². The molecule has 0 fully saturated rings. The summed E-state index contributed by atoms with van der Waals surface area (Å²) < 4.78 is 0. The molecule has 0 N–H and O–H groups in total. The normalized spacial score (nSPS) is 0. The Morgan fingerprint density at radius 2 is 1.25 bits per heavy atom. The van der Waals surface area contributed by atoms with Gasteiger partial charge in [0.1, 0.15) is 0 Å². The van der Waals surface area contributed by atoms with Crippen molar-refractivity contribution in [2.45, 2.75) is 0 Å². The van der Waals surface area contributed by atoms with Gasteiger partial charge < -0.3 is 1.43 Å². The minimum atomic E-state index is 0. The van der Waals surface area contributed by atoms with Crippen molar-refractivity contribution in [1.82, 2.24) is 0 Å². The van der Waals surface area contributed by atoms with Crippen LogP contribution >= 0.6 is 0 Å². The molecule has 0 unspecified atom stereocenters. The van der Waals surface area contributed by atoms with Gasteiger partial charge in [0, 0.05) is 36.5 Å². The average Bonchev–Trinajstić information content (AvgIpc) is 0. The molecule has 21 valence electrons. The molecule has 0 bridgehead atoms. The monoisotopic (exact) mass is 181 g/mol. The Labute approximate surface area is 83.6 Å². The van der Waals surface area contributed by atoms with Gasteiger partial charge in [-0.3, -0.25) is 0 Å². The van der Waals surface area contributed by atoms with Gasteiger partial charge in [0.25, 0.3) is 0 Å². The average molecular weight is 183 g/mol. The van der Waals surface area contributed by atoms with Crippen molar-refractivity contribution in [3.63, 3.8) is 0 Å². The zero-order valence-corrected chi connectivity index (χ0v) is 7.92. The van der Waals surface area contributed by atoms with Crippen molar-refractivity contribution in [1.29, 1.82) is 0 Å². The van der Waals surface area contributed by atoms with Crippen molar-refractivity contribution in [3.05, 3.63) is 0 Å². The van der Waals surface area contributed by atoms with E-state index in [1.165, 1.54) is 0 Å². The molecule has 0 aromatic carbocycles. The third kappa shape index (κ3) is 8.82. The van der Waals surface area contributed by atoms with E-state index in [2.05, 4.69) is 0 Å². The first-order chi connectivity index (χ1) is 0. The topological polar surface area (TPSA) is 0 Å². The van der Waals surface area contributed by atoms with E-state index in [0.717, 1.165) is 0 Å². The molecule has 0 atom stereocenters. The Hall–Kier alpha value is 2.68. The van der Waals surface area contributed by atoms with E-state index in [1.807, 2.05) is 0 Å². The summed E-state index contributed by atoms with van der Waals surface area (Å²) in [6.07, 6.45) is 0. The molecular weight excluding hydrogens is 179 g/mol. The Balaban J connectivity index is 0. The molecule has 4 heteroatoms. The molecule has 0 amide bonds. The van der Waals surface area contributed by atoms with Gasteiger partial charge in [-0.1, -0.05) is 0 Å². The fraction of sp³-hybridized carbons (Fsp3) is 0. The van der Waals surface area contributed by atoms with E-state index >= 15 is 0 Å². The molecule has 1 radical (unpaired) electrons. The van der Waals surface area contributed by atoms with Gasteiger partial charge >= 0.3 is 29.6 Å². The van der Waals surface area contributed by atoms with E-state index in [0.29, 0.717) is 0 Å². The van der Waals surface area contributed by atoms with Crippen LogP contribution in [0, 0.1) is 0 Å². The first-order valence-corrected chi connectivity index (χ1v) is 0. The summed E-state index contributed by atoms with van der Waals surface area (Å²) in [5, 5.41) is 0. The maximum atomic E-state index is 0. The van der Waals surface area contributed by atoms with Gasteiger partial charge in [-0.25, -0.2) is 0 Å². The van der Waals surface area contributed by atoms with Gasteiger partial charge in [0.05, 0.1) is 0 Å². The maximum absolute atomic E-state index is 0. The third-order valence-electron chi connectivity index (χ3n) is 0. The summed E-state index contributed by atoms with van der Waals surface area (Å²) in [4.78, 5) is 0. The van der Waals surface area contributed by atoms with Gasteiger partial charge in [-0.2, -0.15) is 0 Å². The van der Waals surface area contributed by atoms with Crippen LogP contribution in [-0.4, -0.2) is 17.4 Å². The minimum Gasteiger partial charge on any atom is -1.00 e. The summed E-state index contributed by atoms with van der Waals surface area (Å²) >= 11 is 0. The van der Waals surface area contributed by atoms with Crippen LogP contribution in [0.4, 0.5) is 0 Å². The Kier molecular flexibility index (Phi) is 130. The number of hydrogen-bond donors (Lipinski definition) is 0. The minimum absolute atomic E-state index is 0. The van der Waals surface area contributed by atoms with Crippen LogP contribution in [0.25, 0.3) is 0 Å². The molecule has 0 heterocycles.